The quantitative estimate of drug-likeness (QED) is 0.347. The van der Waals surface area contributed by atoms with Gasteiger partial charge in [0.05, 0.1) is 11.1 Å². The van der Waals surface area contributed by atoms with Crippen LogP contribution in [0.25, 0.3) is 28.0 Å². The van der Waals surface area contributed by atoms with Crippen molar-refractivity contribution in [1.29, 1.82) is 0 Å². The van der Waals surface area contributed by atoms with Crippen molar-refractivity contribution in [2.75, 3.05) is 24.5 Å². The van der Waals surface area contributed by atoms with Crippen molar-refractivity contribution in [3.63, 3.8) is 0 Å². The van der Waals surface area contributed by atoms with E-state index in [2.05, 4.69) is 16.5 Å². The summed E-state index contributed by atoms with van der Waals surface area (Å²) in [6.45, 7) is 10.5. The van der Waals surface area contributed by atoms with E-state index in [-0.39, 0.29) is 34.7 Å². The second-order valence-electron chi connectivity index (χ2n) is 9.69. The molecular weight excluding hydrogens is 500 g/mol. The van der Waals surface area contributed by atoms with Gasteiger partial charge in [-0.15, -0.1) is 0 Å². The molecule has 2 aromatic carbocycles. The lowest BCUT2D eigenvalue weighted by molar-refractivity contribution is -0.126. The molecule has 1 fully saturated rings. The van der Waals surface area contributed by atoms with Gasteiger partial charge in [0.1, 0.15) is 23.1 Å². The highest BCUT2D eigenvalue weighted by molar-refractivity contribution is 5.91. The number of piperazine rings is 1. The maximum absolute atomic E-state index is 15.7. The van der Waals surface area contributed by atoms with Gasteiger partial charge in [-0.2, -0.15) is 4.98 Å². The summed E-state index contributed by atoms with van der Waals surface area (Å²) in [5.74, 6) is -1.24. The Balaban J connectivity index is 1.80. The molecule has 0 bridgehead atoms. The van der Waals surface area contributed by atoms with E-state index in [0.29, 0.717) is 37.1 Å². The van der Waals surface area contributed by atoms with E-state index in [1.165, 1.54) is 34.9 Å². The number of para-hydroxylation sites is 1. The summed E-state index contributed by atoms with van der Waals surface area (Å²) in [6.07, 6.45) is 1.92. The van der Waals surface area contributed by atoms with Crippen molar-refractivity contribution in [3.05, 3.63) is 94.4 Å². The molecular formula is C30H29F2N5O2. The van der Waals surface area contributed by atoms with Gasteiger partial charge in [-0.1, -0.05) is 43.8 Å². The fourth-order valence-electron chi connectivity index (χ4n) is 5.29. The van der Waals surface area contributed by atoms with Gasteiger partial charge in [0, 0.05) is 31.2 Å². The number of benzene rings is 2. The molecule has 200 valence electrons. The third kappa shape index (κ3) is 4.58. The van der Waals surface area contributed by atoms with Crippen LogP contribution in [0.4, 0.5) is 14.6 Å². The van der Waals surface area contributed by atoms with Crippen LogP contribution in [0.5, 0.6) is 0 Å². The smallest absolute Gasteiger partial charge is 0.350 e. The Hall–Kier alpha value is -4.40. The number of nitrogens with zero attached hydrogens (tertiary/aromatic N) is 5. The molecule has 0 N–H and O–H groups in total. The first-order chi connectivity index (χ1) is 18.7. The van der Waals surface area contributed by atoms with E-state index < -0.39 is 17.3 Å². The van der Waals surface area contributed by atoms with Gasteiger partial charge in [0.15, 0.2) is 5.65 Å². The van der Waals surface area contributed by atoms with Crippen LogP contribution in [0.15, 0.2) is 66.0 Å². The third-order valence-electron chi connectivity index (χ3n) is 7.24. The lowest BCUT2D eigenvalue weighted by Gasteiger charge is -2.40. The SMILES string of the molecule is C=CC(=O)N1CCN(c2nc(=O)n(-c3c(C)cccc3CC)c3nc(-c4ccccc4F)c(F)cc23)[C@@H](C)C1. The molecule has 1 atom stereocenters. The summed E-state index contributed by atoms with van der Waals surface area (Å²) >= 11 is 0. The molecule has 39 heavy (non-hydrogen) atoms. The molecule has 0 unspecified atom stereocenters. The monoisotopic (exact) mass is 529 g/mol. The number of hydrogen-bond donors (Lipinski definition) is 0. The van der Waals surface area contributed by atoms with Gasteiger partial charge in [-0.3, -0.25) is 4.79 Å². The van der Waals surface area contributed by atoms with Gasteiger partial charge in [-0.05, 0) is 55.7 Å². The first-order valence-corrected chi connectivity index (χ1v) is 12.9. The van der Waals surface area contributed by atoms with Crippen molar-refractivity contribution in [2.45, 2.75) is 33.2 Å². The minimum Gasteiger partial charge on any atom is -0.350 e. The van der Waals surface area contributed by atoms with Gasteiger partial charge in [-0.25, -0.2) is 23.1 Å². The van der Waals surface area contributed by atoms with Crippen LogP contribution in [-0.4, -0.2) is 51.0 Å². The zero-order chi connectivity index (χ0) is 27.8. The third-order valence-corrected chi connectivity index (χ3v) is 7.24. The highest BCUT2D eigenvalue weighted by atomic mass is 19.1. The van der Waals surface area contributed by atoms with Crippen LogP contribution in [0.2, 0.25) is 0 Å². The summed E-state index contributed by atoms with van der Waals surface area (Å²) in [4.78, 5) is 38.6. The number of carbonyl (C=O) groups is 1. The van der Waals surface area contributed by atoms with Crippen LogP contribution in [-0.2, 0) is 11.2 Å². The van der Waals surface area contributed by atoms with E-state index in [1.54, 1.807) is 11.0 Å². The van der Waals surface area contributed by atoms with Crippen LogP contribution in [0.1, 0.15) is 25.0 Å². The summed E-state index contributed by atoms with van der Waals surface area (Å²) in [5.41, 5.74) is 1.78. The van der Waals surface area contributed by atoms with Crippen LogP contribution in [0, 0.1) is 18.6 Å². The number of fused-ring (bicyclic) bond motifs is 1. The second kappa shape index (κ2) is 10.4. The summed E-state index contributed by atoms with van der Waals surface area (Å²) in [6, 6.07) is 12.6. The number of anilines is 1. The highest BCUT2D eigenvalue weighted by Crippen LogP contribution is 2.33. The molecule has 5 rings (SSSR count). The normalized spacial score (nSPS) is 15.6. The summed E-state index contributed by atoms with van der Waals surface area (Å²) in [5, 5.41) is 0.327. The van der Waals surface area contributed by atoms with Crippen molar-refractivity contribution in [1.82, 2.24) is 19.4 Å². The van der Waals surface area contributed by atoms with Gasteiger partial charge in [0.2, 0.25) is 5.91 Å². The van der Waals surface area contributed by atoms with Gasteiger partial charge >= 0.3 is 5.69 Å². The average molecular weight is 530 g/mol. The lowest BCUT2D eigenvalue weighted by Crippen LogP contribution is -2.54. The zero-order valence-electron chi connectivity index (χ0n) is 22.1. The number of amides is 1. The van der Waals surface area contributed by atoms with Gasteiger partial charge in [0.25, 0.3) is 0 Å². The van der Waals surface area contributed by atoms with Crippen LogP contribution >= 0.6 is 0 Å². The molecule has 3 heterocycles. The minimum absolute atomic E-state index is 0.000297. The average Bonchev–Trinajstić information content (AvgIpc) is 2.93. The van der Waals surface area contributed by atoms with Crippen LogP contribution in [0.3, 0.4) is 0 Å². The Kier molecular flexibility index (Phi) is 6.99. The number of pyridine rings is 1. The predicted octanol–water partition coefficient (Wildman–Crippen LogP) is 4.82. The molecule has 1 saturated heterocycles. The Morgan fingerprint density at radius 1 is 1.10 bits per heavy atom. The molecule has 9 heteroatoms. The molecule has 2 aromatic heterocycles. The first kappa shape index (κ1) is 26.2. The molecule has 7 nitrogen and oxygen atoms in total. The second-order valence-corrected chi connectivity index (χ2v) is 9.69. The van der Waals surface area contributed by atoms with E-state index in [4.69, 9.17) is 0 Å². The van der Waals surface area contributed by atoms with Crippen molar-refractivity contribution in [2.24, 2.45) is 0 Å². The molecule has 0 aliphatic carbocycles. The molecule has 1 amide bonds. The fraction of sp³-hybridized carbons (Fsp3) is 0.267. The summed E-state index contributed by atoms with van der Waals surface area (Å²) < 4.78 is 31.8. The number of rotatable bonds is 5. The van der Waals surface area contributed by atoms with E-state index >= 15 is 4.39 Å². The Labute approximate surface area is 225 Å². The molecule has 0 radical (unpaired) electrons. The number of aryl methyl sites for hydroxylation is 2. The Bertz CT molecular complexity index is 1670. The molecule has 0 spiro atoms. The summed E-state index contributed by atoms with van der Waals surface area (Å²) in [7, 11) is 0. The lowest BCUT2D eigenvalue weighted by atomic mass is 10.0. The van der Waals surface area contributed by atoms with Crippen molar-refractivity contribution < 1.29 is 13.6 Å². The van der Waals surface area contributed by atoms with E-state index in [0.717, 1.165) is 11.1 Å². The number of aromatic nitrogens is 3. The largest absolute Gasteiger partial charge is 0.355 e. The van der Waals surface area contributed by atoms with Crippen molar-refractivity contribution >= 4 is 22.8 Å². The minimum atomic E-state index is -0.727. The zero-order valence-corrected chi connectivity index (χ0v) is 22.1. The van der Waals surface area contributed by atoms with E-state index in [9.17, 15) is 14.0 Å². The maximum atomic E-state index is 15.7. The first-order valence-electron chi connectivity index (χ1n) is 12.9. The Morgan fingerprint density at radius 3 is 2.56 bits per heavy atom. The number of carbonyl (C=O) groups excluding carboxylic acids is 1. The highest BCUT2D eigenvalue weighted by Gasteiger charge is 2.30. The molecule has 1 aliphatic rings. The molecule has 1 aliphatic heterocycles. The van der Waals surface area contributed by atoms with Crippen LogP contribution < -0.4 is 10.6 Å². The number of hydrogen-bond acceptors (Lipinski definition) is 5. The Morgan fingerprint density at radius 2 is 1.87 bits per heavy atom. The molecule has 0 saturated carbocycles. The predicted molar refractivity (Wildman–Crippen MR) is 148 cm³/mol. The number of halogens is 2. The van der Waals surface area contributed by atoms with Gasteiger partial charge < -0.3 is 9.80 Å². The standard InChI is InChI=1S/C30H29F2N5O2/c1-5-20-11-9-10-18(3)27(20)37-29-22(16-24(32)26(33-29)21-12-7-8-13-23(21)31)28(34-30(37)39)36-15-14-35(17-19(36)4)25(38)6-2/h6-13,16,19H,2,5,14-15,17H2,1,3-4H3/t19-/m0/s1. The topological polar surface area (TPSA) is 71.3 Å². The van der Waals surface area contributed by atoms with Crippen molar-refractivity contribution in [3.8, 4) is 16.9 Å². The molecule has 4 aromatic rings. The maximum Gasteiger partial charge on any atom is 0.355 e. The fourth-order valence-corrected chi connectivity index (χ4v) is 5.29. The van der Waals surface area contributed by atoms with E-state index in [1.807, 2.05) is 43.9 Å².